The fourth-order valence-electron chi connectivity index (χ4n) is 2.72. The van der Waals surface area contributed by atoms with Crippen LogP contribution in [0.2, 0.25) is 10.0 Å². The van der Waals surface area contributed by atoms with Crippen LogP contribution in [0.4, 0.5) is 0 Å². The second-order valence-corrected chi connectivity index (χ2v) is 6.36. The van der Waals surface area contributed by atoms with Crippen molar-refractivity contribution in [2.24, 2.45) is 0 Å². The normalized spacial score (nSPS) is 16.6. The van der Waals surface area contributed by atoms with E-state index in [0.29, 0.717) is 28.6 Å². The lowest BCUT2D eigenvalue weighted by atomic mass is 9.81. The molecule has 0 spiro atoms. The summed E-state index contributed by atoms with van der Waals surface area (Å²) in [5.74, 6) is 0.130. The van der Waals surface area contributed by atoms with Crippen LogP contribution in [0.3, 0.4) is 0 Å². The van der Waals surface area contributed by atoms with Gasteiger partial charge >= 0.3 is 0 Å². The molecular weight excluding hydrogens is 323 g/mol. The van der Waals surface area contributed by atoms with E-state index >= 15 is 0 Å². The molecule has 0 N–H and O–H groups in total. The van der Waals surface area contributed by atoms with Crippen LogP contribution in [0.25, 0.3) is 0 Å². The van der Waals surface area contributed by atoms with Crippen LogP contribution in [-0.4, -0.2) is 30.0 Å². The molecule has 1 amide bonds. The number of carbonyl (C=O) groups excluding carboxylic acids is 1. The van der Waals surface area contributed by atoms with E-state index in [2.05, 4.69) is 6.07 Å². The van der Waals surface area contributed by atoms with Gasteiger partial charge in [-0.2, -0.15) is 5.26 Å². The van der Waals surface area contributed by atoms with Crippen LogP contribution in [-0.2, 0) is 4.79 Å². The predicted molar refractivity (Wildman–Crippen MR) is 86.2 cm³/mol. The van der Waals surface area contributed by atoms with Crippen molar-refractivity contribution < 1.29 is 9.53 Å². The number of nitrogens with zero attached hydrogens (tertiary/aromatic N) is 2. The number of benzene rings is 1. The first-order valence-corrected chi connectivity index (χ1v) is 8.00. The Morgan fingerprint density at radius 3 is 2.68 bits per heavy atom. The first kappa shape index (κ1) is 16.9. The molecule has 1 saturated carbocycles. The second kappa shape index (κ2) is 7.21. The van der Waals surface area contributed by atoms with Crippen molar-refractivity contribution in [1.82, 2.24) is 4.90 Å². The summed E-state index contributed by atoms with van der Waals surface area (Å²) in [6.45, 7) is -0.167. The SMILES string of the molecule is CN(C(=O)COc1cc(Cl)ccc1Cl)C1(C#N)CCCCC1. The van der Waals surface area contributed by atoms with Crippen LogP contribution in [0.15, 0.2) is 18.2 Å². The van der Waals surface area contributed by atoms with Gasteiger partial charge in [0.2, 0.25) is 0 Å². The second-order valence-electron chi connectivity index (χ2n) is 5.52. The molecule has 0 aliphatic heterocycles. The summed E-state index contributed by atoms with van der Waals surface area (Å²) in [5.41, 5.74) is -0.711. The molecule has 1 aliphatic carbocycles. The predicted octanol–water partition coefficient (Wildman–Crippen LogP) is 4.06. The molecule has 0 unspecified atom stereocenters. The van der Waals surface area contributed by atoms with Crippen LogP contribution >= 0.6 is 23.2 Å². The van der Waals surface area contributed by atoms with Crippen molar-refractivity contribution in [3.8, 4) is 11.8 Å². The van der Waals surface area contributed by atoms with E-state index < -0.39 is 5.54 Å². The highest BCUT2D eigenvalue weighted by atomic mass is 35.5. The lowest BCUT2D eigenvalue weighted by Gasteiger charge is -2.38. The number of carbonyl (C=O) groups is 1. The minimum atomic E-state index is -0.711. The summed E-state index contributed by atoms with van der Waals surface area (Å²) in [5, 5.41) is 10.4. The number of amides is 1. The number of likely N-dealkylation sites (N-methyl/N-ethyl adjacent to an activating group) is 1. The van der Waals surface area contributed by atoms with E-state index in [-0.39, 0.29) is 12.5 Å². The molecule has 22 heavy (non-hydrogen) atoms. The summed E-state index contributed by atoms with van der Waals surface area (Å²) >= 11 is 11.9. The topological polar surface area (TPSA) is 53.3 Å². The molecule has 2 rings (SSSR count). The van der Waals surface area contributed by atoms with Gasteiger partial charge in [-0.05, 0) is 25.0 Å². The minimum absolute atomic E-state index is 0.167. The zero-order valence-electron chi connectivity index (χ0n) is 12.4. The van der Waals surface area contributed by atoms with Gasteiger partial charge in [-0.1, -0.05) is 42.5 Å². The van der Waals surface area contributed by atoms with E-state index in [9.17, 15) is 10.1 Å². The van der Waals surface area contributed by atoms with Gasteiger partial charge in [-0.3, -0.25) is 4.79 Å². The zero-order valence-corrected chi connectivity index (χ0v) is 14.0. The average Bonchev–Trinajstić information content (AvgIpc) is 2.55. The fraction of sp³-hybridized carbons (Fsp3) is 0.500. The number of hydrogen-bond acceptors (Lipinski definition) is 3. The van der Waals surface area contributed by atoms with E-state index in [1.807, 2.05) is 0 Å². The van der Waals surface area contributed by atoms with Crippen LogP contribution < -0.4 is 4.74 Å². The van der Waals surface area contributed by atoms with Gasteiger partial charge in [0.15, 0.2) is 6.61 Å². The van der Waals surface area contributed by atoms with Crippen molar-refractivity contribution >= 4 is 29.1 Å². The molecule has 0 saturated heterocycles. The third-order valence-corrected chi connectivity index (χ3v) is 4.70. The Labute approximate surface area is 140 Å². The Morgan fingerprint density at radius 2 is 2.05 bits per heavy atom. The fourth-order valence-corrected chi connectivity index (χ4v) is 3.06. The number of ether oxygens (including phenoxy) is 1. The van der Waals surface area contributed by atoms with Gasteiger partial charge in [-0.25, -0.2) is 0 Å². The van der Waals surface area contributed by atoms with Crippen LogP contribution in [0.5, 0.6) is 5.75 Å². The Balaban J connectivity index is 2.02. The quantitative estimate of drug-likeness (QED) is 0.830. The maximum Gasteiger partial charge on any atom is 0.261 e. The number of nitriles is 1. The zero-order chi connectivity index (χ0) is 16.2. The summed E-state index contributed by atoms with van der Waals surface area (Å²) in [4.78, 5) is 13.9. The van der Waals surface area contributed by atoms with Crippen molar-refractivity contribution in [3.05, 3.63) is 28.2 Å². The molecule has 0 aromatic heterocycles. The Morgan fingerprint density at radius 1 is 1.36 bits per heavy atom. The van der Waals surface area contributed by atoms with Crippen molar-refractivity contribution in [1.29, 1.82) is 5.26 Å². The van der Waals surface area contributed by atoms with Crippen LogP contribution in [0.1, 0.15) is 32.1 Å². The largest absolute Gasteiger partial charge is 0.482 e. The van der Waals surface area contributed by atoms with Gasteiger partial charge in [0, 0.05) is 18.1 Å². The molecule has 1 aromatic rings. The molecule has 1 aromatic carbocycles. The van der Waals surface area contributed by atoms with E-state index in [0.717, 1.165) is 19.3 Å². The highest BCUT2D eigenvalue weighted by molar-refractivity contribution is 6.34. The average molecular weight is 341 g/mol. The maximum atomic E-state index is 12.3. The summed E-state index contributed by atoms with van der Waals surface area (Å²) in [7, 11) is 1.67. The van der Waals surface area contributed by atoms with Gasteiger partial charge < -0.3 is 9.64 Å². The number of rotatable bonds is 4. The molecule has 1 fully saturated rings. The van der Waals surface area contributed by atoms with Crippen molar-refractivity contribution in [2.75, 3.05) is 13.7 Å². The lowest BCUT2D eigenvalue weighted by Crippen LogP contribution is -2.51. The highest BCUT2D eigenvalue weighted by Crippen LogP contribution is 2.33. The lowest BCUT2D eigenvalue weighted by molar-refractivity contribution is -0.137. The highest BCUT2D eigenvalue weighted by Gasteiger charge is 2.38. The third-order valence-electron chi connectivity index (χ3n) is 4.15. The molecule has 0 bridgehead atoms. The summed E-state index contributed by atoms with van der Waals surface area (Å²) in [6, 6.07) is 7.15. The first-order valence-electron chi connectivity index (χ1n) is 7.24. The molecule has 0 heterocycles. The van der Waals surface area contributed by atoms with E-state index in [4.69, 9.17) is 27.9 Å². The molecule has 1 aliphatic rings. The van der Waals surface area contributed by atoms with Crippen LogP contribution in [0, 0.1) is 11.3 Å². The third kappa shape index (κ3) is 3.66. The van der Waals surface area contributed by atoms with Gasteiger partial charge in [0.05, 0.1) is 11.1 Å². The van der Waals surface area contributed by atoms with Crippen molar-refractivity contribution in [3.63, 3.8) is 0 Å². The van der Waals surface area contributed by atoms with Crippen molar-refractivity contribution in [2.45, 2.75) is 37.6 Å². The first-order chi connectivity index (χ1) is 10.5. The smallest absolute Gasteiger partial charge is 0.261 e. The molecule has 118 valence electrons. The molecule has 0 atom stereocenters. The Bertz CT molecular complexity index is 592. The van der Waals surface area contributed by atoms with Gasteiger partial charge in [0.1, 0.15) is 11.3 Å². The molecular formula is C16H18Cl2N2O2. The molecule has 6 heteroatoms. The number of halogens is 2. The molecule has 4 nitrogen and oxygen atoms in total. The minimum Gasteiger partial charge on any atom is -0.482 e. The maximum absolute atomic E-state index is 12.3. The monoisotopic (exact) mass is 340 g/mol. The number of hydrogen-bond donors (Lipinski definition) is 0. The molecule has 0 radical (unpaired) electrons. The summed E-state index contributed by atoms with van der Waals surface area (Å²) in [6.07, 6.45) is 4.46. The standard InChI is InChI=1S/C16H18Cl2N2O2/c1-20(16(11-19)7-3-2-4-8-16)15(21)10-22-14-9-12(17)5-6-13(14)18/h5-6,9H,2-4,7-8,10H2,1H3. The van der Waals surface area contributed by atoms with Gasteiger partial charge in [-0.15, -0.1) is 0 Å². The Hall–Kier alpha value is -1.44. The van der Waals surface area contributed by atoms with E-state index in [1.54, 1.807) is 25.2 Å². The Kier molecular flexibility index (Phi) is 5.55. The van der Waals surface area contributed by atoms with E-state index in [1.165, 1.54) is 4.90 Å². The summed E-state index contributed by atoms with van der Waals surface area (Å²) < 4.78 is 5.46. The van der Waals surface area contributed by atoms with Gasteiger partial charge in [0.25, 0.3) is 5.91 Å².